The number of rotatable bonds is 3. The van der Waals surface area contributed by atoms with Crippen molar-refractivity contribution < 1.29 is 24.2 Å². The summed E-state index contributed by atoms with van der Waals surface area (Å²) < 4.78 is 9.24. The van der Waals surface area contributed by atoms with E-state index in [1.54, 1.807) is 6.07 Å². The maximum absolute atomic E-state index is 11.4. The first-order valence-corrected chi connectivity index (χ1v) is 7.97. The molecule has 0 bridgehead atoms. The highest BCUT2D eigenvalue weighted by molar-refractivity contribution is 5.89. The van der Waals surface area contributed by atoms with Gasteiger partial charge in [0.25, 0.3) is 6.47 Å². The van der Waals surface area contributed by atoms with Gasteiger partial charge in [-0.1, -0.05) is 12.1 Å². The quantitative estimate of drug-likeness (QED) is 0.647. The molecular formula is C18H27NO5. The van der Waals surface area contributed by atoms with Gasteiger partial charge in [-0.2, -0.15) is 0 Å². The van der Waals surface area contributed by atoms with Crippen LogP contribution in [0.2, 0.25) is 0 Å². The van der Waals surface area contributed by atoms with Crippen molar-refractivity contribution in [1.29, 1.82) is 0 Å². The van der Waals surface area contributed by atoms with E-state index in [-0.39, 0.29) is 17.5 Å². The highest BCUT2D eigenvalue weighted by Crippen LogP contribution is 2.26. The second-order valence-electron chi connectivity index (χ2n) is 6.61. The van der Waals surface area contributed by atoms with E-state index in [1.165, 1.54) is 7.11 Å². The molecule has 1 saturated heterocycles. The van der Waals surface area contributed by atoms with Gasteiger partial charge >= 0.3 is 5.97 Å². The number of β-amino-alcohol motifs (C(OH)–C–C–N with tert-alkyl or cyclic N) is 1. The van der Waals surface area contributed by atoms with E-state index in [0.29, 0.717) is 18.6 Å². The summed E-state index contributed by atoms with van der Waals surface area (Å²) in [6.07, 6.45) is 0.489. The summed E-state index contributed by atoms with van der Waals surface area (Å²) in [4.78, 5) is 21.0. The van der Waals surface area contributed by atoms with Gasteiger partial charge in [-0.25, -0.2) is 4.79 Å². The second-order valence-corrected chi connectivity index (χ2v) is 6.61. The van der Waals surface area contributed by atoms with Crippen molar-refractivity contribution in [3.05, 3.63) is 35.4 Å². The lowest BCUT2D eigenvalue weighted by molar-refractivity contribution is -0.138. The van der Waals surface area contributed by atoms with E-state index >= 15 is 0 Å². The zero-order chi connectivity index (χ0) is 18.2. The third kappa shape index (κ3) is 6.68. The van der Waals surface area contributed by atoms with E-state index < -0.39 is 6.10 Å². The Morgan fingerprint density at radius 2 is 2.08 bits per heavy atom. The van der Waals surface area contributed by atoms with E-state index in [2.05, 4.69) is 10.1 Å². The molecule has 2 N–H and O–H groups in total. The number of aliphatic hydroxyl groups is 1. The number of carbonyl (C=O) groups excluding carboxylic acids is 2. The number of benzene rings is 1. The van der Waals surface area contributed by atoms with Crippen molar-refractivity contribution in [2.45, 2.75) is 44.8 Å². The van der Waals surface area contributed by atoms with Crippen LogP contribution in [0.15, 0.2) is 24.3 Å². The Labute approximate surface area is 143 Å². The van der Waals surface area contributed by atoms with Crippen LogP contribution < -0.4 is 5.32 Å². The van der Waals surface area contributed by atoms with Crippen molar-refractivity contribution in [2.75, 3.05) is 20.2 Å². The summed E-state index contributed by atoms with van der Waals surface area (Å²) in [6.45, 7) is 7.42. The molecule has 0 spiro atoms. The molecular weight excluding hydrogens is 310 g/mol. The van der Waals surface area contributed by atoms with Crippen LogP contribution in [0.3, 0.4) is 0 Å². The van der Waals surface area contributed by atoms with E-state index in [4.69, 9.17) is 4.74 Å². The Balaban J connectivity index is 0.000000351. The maximum Gasteiger partial charge on any atom is 0.337 e. The van der Waals surface area contributed by atoms with E-state index in [1.807, 2.05) is 39.0 Å². The number of methoxy groups -OCH3 is 1. The number of piperidine rings is 1. The lowest BCUT2D eigenvalue weighted by Crippen LogP contribution is -2.39. The van der Waals surface area contributed by atoms with Crippen LogP contribution in [0.5, 0.6) is 0 Å². The molecule has 1 aromatic rings. The van der Waals surface area contributed by atoms with Crippen LogP contribution in [0.1, 0.15) is 49.0 Å². The summed E-state index contributed by atoms with van der Waals surface area (Å²) in [6, 6.07) is 7.32. The summed E-state index contributed by atoms with van der Waals surface area (Å²) in [5.41, 5.74) is 1.22. The van der Waals surface area contributed by atoms with Gasteiger partial charge in [0.05, 0.1) is 18.8 Å². The molecule has 0 amide bonds. The van der Waals surface area contributed by atoms with Gasteiger partial charge in [0.1, 0.15) is 5.60 Å². The maximum atomic E-state index is 11.4. The monoisotopic (exact) mass is 337 g/mol. The number of ether oxygens (including phenoxy) is 2. The molecule has 24 heavy (non-hydrogen) atoms. The molecule has 1 heterocycles. The molecule has 1 aliphatic rings. The minimum absolute atomic E-state index is 0.0980. The zero-order valence-corrected chi connectivity index (χ0v) is 14.7. The molecule has 1 aliphatic heterocycles. The zero-order valence-electron chi connectivity index (χ0n) is 14.7. The number of hydrogen-bond donors (Lipinski definition) is 2. The fourth-order valence-electron chi connectivity index (χ4n) is 2.39. The van der Waals surface area contributed by atoms with Crippen LogP contribution in [0.4, 0.5) is 0 Å². The third-order valence-electron chi connectivity index (χ3n) is 3.59. The SMILES string of the molecule is CC(C)(C)OC=O.COC(=O)c1cccc(C2CCNCC2O)c1. The lowest BCUT2D eigenvalue weighted by atomic mass is 9.87. The number of hydrogen-bond acceptors (Lipinski definition) is 6. The molecule has 134 valence electrons. The minimum Gasteiger partial charge on any atom is -0.465 e. The Bertz CT molecular complexity index is 538. The van der Waals surface area contributed by atoms with Crippen molar-refractivity contribution in [1.82, 2.24) is 5.32 Å². The molecule has 2 atom stereocenters. The van der Waals surface area contributed by atoms with Crippen LogP contribution in [-0.4, -0.2) is 49.5 Å². The van der Waals surface area contributed by atoms with Crippen LogP contribution in [-0.2, 0) is 14.3 Å². The number of carbonyl (C=O) groups is 2. The number of nitrogens with one attached hydrogen (secondary N) is 1. The van der Waals surface area contributed by atoms with Gasteiger partial charge in [0.15, 0.2) is 0 Å². The van der Waals surface area contributed by atoms with Crippen LogP contribution >= 0.6 is 0 Å². The highest BCUT2D eigenvalue weighted by atomic mass is 16.5. The largest absolute Gasteiger partial charge is 0.465 e. The Kier molecular flexibility index (Phi) is 7.88. The molecule has 0 aromatic heterocycles. The molecule has 1 fully saturated rings. The Morgan fingerprint density at radius 3 is 2.58 bits per heavy atom. The standard InChI is InChI=1S/C13H17NO3.C5H10O2/c1-17-13(16)10-4-2-3-9(7-10)11-5-6-14-8-12(11)15;1-5(2,3)7-4-6/h2-4,7,11-12,14-15H,5-6,8H2,1H3;4H,1-3H3. The van der Waals surface area contributed by atoms with Crippen molar-refractivity contribution >= 4 is 12.4 Å². The molecule has 1 aromatic carbocycles. The predicted octanol–water partition coefficient (Wildman–Crippen LogP) is 1.87. The first-order valence-electron chi connectivity index (χ1n) is 7.97. The molecule has 2 unspecified atom stereocenters. The average molecular weight is 337 g/mol. The summed E-state index contributed by atoms with van der Waals surface area (Å²) in [5, 5.41) is 13.1. The molecule has 6 nitrogen and oxygen atoms in total. The summed E-state index contributed by atoms with van der Waals surface area (Å²) in [7, 11) is 1.37. The predicted molar refractivity (Wildman–Crippen MR) is 90.9 cm³/mol. The van der Waals surface area contributed by atoms with Gasteiger partial charge in [0, 0.05) is 12.5 Å². The summed E-state index contributed by atoms with van der Waals surface area (Å²) in [5.74, 6) is -0.240. The minimum atomic E-state index is -0.392. The fourth-order valence-corrected chi connectivity index (χ4v) is 2.39. The lowest BCUT2D eigenvalue weighted by Gasteiger charge is -2.28. The molecule has 6 heteroatoms. The average Bonchev–Trinajstić information content (AvgIpc) is 2.54. The van der Waals surface area contributed by atoms with Crippen molar-refractivity contribution in [3.63, 3.8) is 0 Å². The molecule has 0 saturated carbocycles. The first kappa shape index (κ1) is 20.1. The van der Waals surface area contributed by atoms with Gasteiger partial charge < -0.3 is 19.9 Å². The Hall–Kier alpha value is -1.92. The molecule has 2 rings (SSSR count). The fraction of sp³-hybridized carbons (Fsp3) is 0.556. The van der Waals surface area contributed by atoms with E-state index in [0.717, 1.165) is 18.5 Å². The van der Waals surface area contributed by atoms with Gasteiger partial charge in [-0.05, 0) is 51.4 Å². The summed E-state index contributed by atoms with van der Waals surface area (Å²) >= 11 is 0. The van der Waals surface area contributed by atoms with Gasteiger partial charge in [-0.3, -0.25) is 4.79 Å². The number of esters is 1. The smallest absolute Gasteiger partial charge is 0.337 e. The first-order chi connectivity index (χ1) is 11.3. The topological polar surface area (TPSA) is 84.9 Å². The highest BCUT2D eigenvalue weighted by Gasteiger charge is 2.24. The molecule has 0 aliphatic carbocycles. The number of aliphatic hydroxyl groups excluding tert-OH is 1. The Morgan fingerprint density at radius 1 is 1.38 bits per heavy atom. The third-order valence-corrected chi connectivity index (χ3v) is 3.59. The normalized spacial score (nSPS) is 20.4. The van der Waals surface area contributed by atoms with Gasteiger partial charge in [-0.15, -0.1) is 0 Å². The van der Waals surface area contributed by atoms with Crippen molar-refractivity contribution in [2.24, 2.45) is 0 Å². The van der Waals surface area contributed by atoms with Crippen molar-refractivity contribution in [3.8, 4) is 0 Å². The van der Waals surface area contributed by atoms with Gasteiger partial charge in [0.2, 0.25) is 0 Å². The van der Waals surface area contributed by atoms with Crippen LogP contribution in [0.25, 0.3) is 0 Å². The molecule has 0 radical (unpaired) electrons. The van der Waals surface area contributed by atoms with E-state index in [9.17, 15) is 14.7 Å². The van der Waals surface area contributed by atoms with Crippen LogP contribution in [0, 0.1) is 0 Å². The second kappa shape index (κ2) is 9.39.